The second-order valence-corrected chi connectivity index (χ2v) is 16.2. The van der Waals surface area contributed by atoms with Crippen LogP contribution in [0.25, 0.3) is 11.1 Å². The van der Waals surface area contributed by atoms with Gasteiger partial charge in [0.1, 0.15) is 11.1 Å². The summed E-state index contributed by atoms with van der Waals surface area (Å²) in [6.07, 6.45) is 10.1. The predicted octanol–water partition coefficient (Wildman–Crippen LogP) is 11.6. The Balaban J connectivity index is 1.30. The normalized spacial score (nSPS) is 11.0. The van der Waals surface area contributed by atoms with E-state index >= 15 is 0 Å². The standard InChI is InChI=1S/C54H58O8/c55-51(56)49(52(57)58)47(32-17-5-15-28-43(34-39-20-7-1-8-21-39)35-40-22-9-2-10-23-40)45-30-19-31-46(38-45)48(50(53(59)60)54(61)62)33-18-6-16-29-44(36-41-24-11-3-12-25-41)37-42-26-13-4-14-27-42/h1-4,7-14,19-27,30-31,38,43-44H,5-6,15-18,28-29,32-37H2,(H,55,56)(H,57,58)(H,59,60)(H,61,62). The lowest BCUT2D eigenvalue weighted by Crippen LogP contribution is -2.15. The summed E-state index contributed by atoms with van der Waals surface area (Å²) in [5, 5.41) is 40.4. The number of hydrogen-bond donors (Lipinski definition) is 4. The Bertz CT molecular complexity index is 1990. The van der Waals surface area contributed by atoms with Crippen molar-refractivity contribution in [1.82, 2.24) is 0 Å². The van der Waals surface area contributed by atoms with Crippen LogP contribution in [0.2, 0.25) is 0 Å². The van der Waals surface area contributed by atoms with Gasteiger partial charge in [0.2, 0.25) is 0 Å². The van der Waals surface area contributed by atoms with Crippen LogP contribution in [0.5, 0.6) is 0 Å². The van der Waals surface area contributed by atoms with Crippen molar-refractivity contribution < 1.29 is 39.6 Å². The highest BCUT2D eigenvalue weighted by molar-refractivity contribution is 6.20. The maximum absolute atomic E-state index is 12.4. The third kappa shape index (κ3) is 14.9. The van der Waals surface area contributed by atoms with E-state index in [9.17, 15) is 39.6 Å². The van der Waals surface area contributed by atoms with Crippen molar-refractivity contribution in [1.29, 1.82) is 0 Å². The largest absolute Gasteiger partial charge is 0.477 e. The molecule has 0 aromatic heterocycles. The lowest BCUT2D eigenvalue weighted by atomic mass is 9.86. The van der Waals surface area contributed by atoms with Gasteiger partial charge in [-0.05, 0) is 127 Å². The molecule has 0 fully saturated rings. The Morgan fingerprint density at radius 2 is 0.645 bits per heavy atom. The first-order chi connectivity index (χ1) is 30.1. The van der Waals surface area contributed by atoms with E-state index in [1.807, 2.05) is 72.8 Å². The smallest absolute Gasteiger partial charge is 0.343 e. The molecule has 0 spiro atoms. The van der Waals surface area contributed by atoms with Crippen LogP contribution in [0.1, 0.15) is 97.6 Å². The molecule has 0 aliphatic heterocycles. The molecule has 8 heteroatoms. The van der Waals surface area contributed by atoms with Gasteiger partial charge < -0.3 is 20.4 Å². The Hall–Kier alpha value is -6.54. The molecule has 0 unspecified atom stereocenters. The van der Waals surface area contributed by atoms with E-state index in [-0.39, 0.29) is 24.0 Å². The fourth-order valence-electron chi connectivity index (χ4n) is 8.59. The van der Waals surface area contributed by atoms with Crippen molar-refractivity contribution in [3.63, 3.8) is 0 Å². The van der Waals surface area contributed by atoms with Gasteiger partial charge in [0.25, 0.3) is 0 Å². The molecular weight excluding hydrogens is 777 g/mol. The molecule has 62 heavy (non-hydrogen) atoms. The fraction of sp³-hybridized carbons (Fsp3) is 0.296. The molecule has 0 saturated heterocycles. The quantitative estimate of drug-likeness (QED) is 0.0186. The van der Waals surface area contributed by atoms with E-state index < -0.39 is 35.0 Å². The van der Waals surface area contributed by atoms with Crippen LogP contribution in [0, 0.1) is 11.8 Å². The zero-order valence-electron chi connectivity index (χ0n) is 35.3. The summed E-state index contributed by atoms with van der Waals surface area (Å²) in [5.74, 6) is -5.54. The number of carboxylic acids is 4. The van der Waals surface area contributed by atoms with Crippen LogP contribution in [0.4, 0.5) is 0 Å². The summed E-state index contributed by atoms with van der Waals surface area (Å²) < 4.78 is 0. The number of unbranched alkanes of at least 4 members (excludes halogenated alkanes) is 4. The highest BCUT2D eigenvalue weighted by Crippen LogP contribution is 2.33. The van der Waals surface area contributed by atoms with Crippen LogP contribution in [0.15, 0.2) is 157 Å². The summed E-state index contributed by atoms with van der Waals surface area (Å²) in [5.41, 5.74) is 4.40. The van der Waals surface area contributed by atoms with Gasteiger partial charge in [-0.25, -0.2) is 19.2 Å². The van der Waals surface area contributed by atoms with Crippen LogP contribution < -0.4 is 0 Å². The van der Waals surface area contributed by atoms with Crippen molar-refractivity contribution in [3.8, 4) is 0 Å². The molecule has 0 amide bonds. The molecule has 5 aromatic carbocycles. The van der Waals surface area contributed by atoms with Gasteiger partial charge in [-0.2, -0.15) is 0 Å². The number of rotatable bonds is 26. The predicted molar refractivity (Wildman–Crippen MR) is 245 cm³/mol. The van der Waals surface area contributed by atoms with Gasteiger partial charge in [-0.3, -0.25) is 0 Å². The van der Waals surface area contributed by atoms with Gasteiger partial charge in [-0.1, -0.05) is 165 Å². The Morgan fingerprint density at radius 3 is 0.919 bits per heavy atom. The SMILES string of the molecule is O=C(O)C(C(=O)O)=C(CCCCCC(Cc1ccccc1)Cc1ccccc1)c1cccc(C(CCCCCC(Cc2ccccc2)Cc2ccccc2)=C(C(=O)O)C(=O)O)c1. The minimum atomic E-state index is -1.57. The molecule has 0 bridgehead atoms. The first-order valence-corrected chi connectivity index (χ1v) is 21.7. The number of carboxylic acid groups (broad SMARTS) is 4. The van der Waals surface area contributed by atoms with E-state index in [4.69, 9.17) is 0 Å². The first-order valence-electron chi connectivity index (χ1n) is 21.7. The van der Waals surface area contributed by atoms with Gasteiger partial charge in [0.15, 0.2) is 0 Å². The molecule has 0 radical (unpaired) electrons. The van der Waals surface area contributed by atoms with Crippen molar-refractivity contribution in [3.05, 3.63) is 190 Å². The van der Waals surface area contributed by atoms with Gasteiger partial charge in [-0.15, -0.1) is 0 Å². The van der Waals surface area contributed by atoms with Gasteiger partial charge in [0.05, 0.1) is 0 Å². The minimum Gasteiger partial charge on any atom is -0.477 e. The number of hydrogen-bond acceptors (Lipinski definition) is 4. The molecular formula is C54H58O8. The summed E-state index contributed by atoms with van der Waals surface area (Å²) in [7, 11) is 0. The Labute approximate surface area is 365 Å². The van der Waals surface area contributed by atoms with Crippen molar-refractivity contribution in [2.24, 2.45) is 11.8 Å². The maximum atomic E-state index is 12.4. The zero-order valence-corrected chi connectivity index (χ0v) is 35.3. The van der Waals surface area contributed by atoms with Crippen LogP contribution in [-0.4, -0.2) is 44.3 Å². The van der Waals surface area contributed by atoms with Crippen molar-refractivity contribution >= 4 is 35.0 Å². The fourth-order valence-corrected chi connectivity index (χ4v) is 8.59. The summed E-state index contributed by atoms with van der Waals surface area (Å²) in [6.45, 7) is 0. The van der Waals surface area contributed by atoms with E-state index in [0.717, 1.165) is 64.2 Å². The van der Waals surface area contributed by atoms with Crippen LogP contribution in [-0.2, 0) is 44.9 Å². The molecule has 0 saturated carbocycles. The molecule has 4 N–H and O–H groups in total. The number of carbonyl (C=O) groups is 4. The summed E-state index contributed by atoms with van der Waals surface area (Å²) >= 11 is 0. The third-order valence-electron chi connectivity index (χ3n) is 11.6. The number of allylic oxidation sites excluding steroid dienone is 2. The monoisotopic (exact) mass is 834 g/mol. The highest BCUT2D eigenvalue weighted by Gasteiger charge is 2.26. The molecule has 0 atom stereocenters. The lowest BCUT2D eigenvalue weighted by Gasteiger charge is -2.18. The molecule has 322 valence electrons. The van der Waals surface area contributed by atoms with E-state index in [1.165, 1.54) is 22.3 Å². The Kier molecular flexibility index (Phi) is 18.5. The van der Waals surface area contributed by atoms with Crippen LogP contribution >= 0.6 is 0 Å². The van der Waals surface area contributed by atoms with E-state index in [1.54, 1.807) is 24.3 Å². The average Bonchev–Trinajstić information content (AvgIpc) is 3.26. The molecule has 5 rings (SSSR count). The second-order valence-electron chi connectivity index (χ2n) is 16.2. The molecule has 8 nitrogen and oxygen atoms in total. The van der Waals surface area contributed by atoms with E-state index in [0.29, 0.717) is 35.8 Å². The van der Waals surface area contributed by atoms with Gasteiger partial charge in [0, 0.05) is 0 Å². The van der Waals surface area contributed by atoms with Crippen LogP contribution in [0.3, 0.4) is 0 Å². The molecule has 0 aliphatic rings. The first kappa shape index (κ1) is 46.5. The highest BCUT2D eigenvalue weighted by atomic mass is 16.4. The average molecular weight is 835 g/mol. The number of aliphatic carboxylic acids is 4. The molecule has 0 heterocycles. The zero-order chi connectivity index (χ0) is 44.1. The molecule has 5 aromatic rings. The Morgan fingerprint density at radius 1 is 0.355 bits per heavy atom. The van der Waals surface area contributed by atoms with E-state index in [2.05, 4.69) is 48.5 Å². The van der Waals surface area contributed by atoms with Crippen molar-refractivity contribution in [2.45, 2.75) is 89.9 Å². The third-order valence-corrected chi connectivity index (χ3v) is 11.6. The maximum Gasteiger partial charge on any atom is 0.343 e. The topological polar surface area (TPSA) is 149 Å². The number of benzene rings is 5. The lowest BCUT2D eigenvalue weighted by molar-refractivity contribution is -0.142. The van der Waals surface area contributed by atoms with Gasteiger partial charge >= 0.3 is 23.9 Å². The molecule has 0 aliphatic carbocycles. The summed E-state index contributed by atoms with van der Waals surface area (Å²) in [4.78, 5) is 49.8. The summed E-state index contributed by atoms with van der Waals surface area (Å²) in [6, 6.07) is 47.8. The second kappa shape index (κ2) is 24.7. The minimum absolute atomic E-state index is 0.117. The van der Waals surface area contributed by atoms with Crippen molar-refractivity contribution in [2.75, 3.05) is 0 Å².